The number of carbonyl (C=O) groups is 3. The third-order valence-corrected chi connectivity index (χ3v) is 11.0. The van der Waals surface area contributed by atoms with Crippen molar-refractivity contribution in [3.63, 3.8) is 0 Å². The molecule has 2 heterocycles. The number of carbonyl (C=O) groups excluding carboxylic acids is 3. The summed E-state index contributed by atoms with van der Waals surface area (Å²) in [4.78, 5) is 48.3. The van der Waals surface area contributed by atoms with E-state index in [0.717, 1.165) is 21.2 Å². The molecule has 4 rings (SSSR count). The maximum absolute atomic E-state index is 13.1. The highest BCUT2D eigenvalue weighted by atomic mass is 32.2. The van der Waals surface area contributed by atoms with Crippen molar-refractivity contribution in [2.75, 3.05) is 32.7 Å². The molecule has 2 aromatic carbocycles. The number of Topliss-reactive ketones (excluding diaryl/α,β-unsaturated/α-hetero) is 1. The monoisotopic (exact) mass is 689 g/mol. The predicted molar refractivity (Wildman–Crippen MR) is 173 cm³/mol. The van der Waals surface area contributed by atoms with E-state index in [2.05, 4.69) is 20.0 Å². The molecule has 1 unspecified atom stereocenters. The number of rotatable bonds is 14. The Balaban J connectivity index is 1.31. The minimum Gasteiger partial charge on any atom is -0.369 e. The average Bonchev–Trinajstić information content (AvgIpc) is 3.55. The van der Waals surface area contributed by atoms with Crippen LogP contribution < -0.4 is 15.8 Å². The minimum atomic E-state index is -3.93. The summed E-state index contributed by atoms with van der Waals surface area (Å²) in [6.45, 7) is 1.17. The summed E-state index contributed by atoms with van der Waals surface area (Å²) in [6, 6.07) is 13.8. The van der Waals surface area contributed by atoms with E-state index < -0.39 is 50.2 Å². The van der Waals surface area contributed by atoms with Crippen molar-refractivity contribution in [3.05, 3.63) is 82.3 Å². The van der Waals surface area contributed by atoms with Gasteiger partial charge < -0.3 is 16.0 Å². The van der Waals surface area contributed by atoms with E-state index in [0.29, 0.717) is 5.56 Å². The van der Waals surface area contributed by atoms with E-state index >= 15 is 0 Å². The van der Waals surface area contributed by atoms with Crippen molar-refractivity contribution >= 4 is 54.9 Å². The number of ketones is 1. The molecule has 3 aromatic rings. The van der Waals surface area contributed by atoms with Gasteiger partial charge in [-0.15, -0.1) is 11.3 Å². The number of hydrogen-bond donors (Lipinski definition) is 3. The Hall–Kier alpha value is -4.19. The van der Waals surface area contributed by atoms with Gasteiger partial charge in [0.1, 0.15) is 0 Å². The van der Waals surface area contributed by atoms with Crippen LogP contribution in [0.5, 0.6) is 0 Å². The number of hydrogen-bond acceptors (Lipinski definition) is 10. The van der Waals surface area contributed by atoms with Crippen LogP contribution in [0.4, 0.5) is 0 Å². The van der Waals surface area contributed by atoms with Crippen molar-refractivity contribution in [1.82, 2.24) is 24.2 Å². The van der Waals surface area contributed by atoms with Gasteiger partial charge in [0.05, 0.1) is 29.8 Å². The molecule has 14 nitrogen and oxygen atoms in total. The van der Waals surface area contributed by atoms with Gasteiger partial charge in [0.2, 0.25) is 33.6 Å². The van der Waals surface area contributed by atoms with E-state index in [1.54, 1.807) is 47.8 Å². The topological polar surface area (TPSA) is 201 Å². The predicted octanol–water partition coefficient (Wildman–Crippen LogP) is 0.867. The number of nitrogens with two attached hydrogens (primary N) is 1. The molecule has 0 spiro atoms. The average molecular weight is 690 g/mol. The van der Waals surface area contributed by atoms with E-state index in [1.807, 2.05) is 6.92 Å². The third-order valence-electron chi connectivity index (χ3n) is 7.00. The Morgan fingerprint density at radius 1 is 1.07 bits per heavy atom. The zero-order valence-electron chi connectivity index (χ0n) is 25.0. The standard InChI is InChI=1S/C29H35N7O7S3/c1-21-9-11-23(12-10-21)46(42,43)34-29(30)32-13-5-8-24(27(39)28-31-14-17-44-28)33-25(37)18-35-15-16-36(19-26(35)38)45(40,41)20-22-6-3-2-4-7-22/h2-4,6-7,9-12,14,17,24H,5,8,13,15-16,18-20H2,1H3,(H,33,37)(H3,30,32,34). The van der Waals surface area contributed by atoms with Crippen molar-refractivity contribution in [2.24, 2.45) is 10.7 Å². The fourth-order valence-electron chi connectivity index (χ4n) is 4.59. The number of aliphatic imine (C=N–C) groups is 1. The number of amides is 2. The second kappa shape index (κ2) is 15.4. The van der Waals surface area contributed by atoms with Gasteiger partial charge in [-0.2, -0.15) is 4.31 Å². The van der Waals surface area contributed by atoms with E-state index in [4.69, 9.17) is 5.73 Å². The van der Waals surface area contributed by atoms with Crippen LogP contribution in [0, 0.1) is 6.92 Å². The van der Waals surface area contributed by atoms with Gasteiger partial charge in [-0.1, -0.05) is 48.0 Å². The highest BCUT2D eigenvalue weighted by Gasteiger charge is 2.33. The Bertz CT molecular complexity index is 1760. The first-order valence-electron chi connectivity index (χ1n) is 14.3. The molecule has 4 N–H and O–H groups in total. The molecule has 1 fully saturated rings. The van der Waals surface area contributed by atoms with Crippen LogP contribution >= 0.6 is 11.3 Å². The number of aryl methyl sites for hydroxylation is 1. The molecule has 2 amide bonds. The largest absolute Gasteiger partial charge is 0.369 e. The number of aromatic nitrogens is 1. The quantitative estimate of drug-likeness (QED) is 0.0950. The normalized spacial score (nSPS) is 15.4. The Morgan fingerprint density at radius 3 is 2.43 bits per heavy atom. The highest BCUT2D eigenvalue weighted by molar-refractivity contribution is 7.90. The lowest BCUT2D eigenvalue weighted by molar-refractivity contribution is -0.138. The second-order valence-corrected chi connectivity index (χ2v) is 15.1. The number of nitrogens with one attached hydrogen (secondary N) is 2. The van der Waals surface area contributed by atoms with Crippen molar-refractivity contribution < 1.29 is 31.2 Å². The van der Waals surface area contributed by atoms with E-state index in [9.17, 15) is 31.2 Å². The smallest absolute Gasteiger partial charge is 0.264 e. The van der Waals surface area contributed by atoms with Crippen molar-refractivity contribution in [2.45, 2.75) is 36.5 Å². The number of guanidine groups is 1. The first-order chi connectivity index (χ1) is 21.8. The van der Waals surface area contributed by atoms with Crippen LogP contribution in [0.1, 0.15) is 33.8 Å². The summed E-state index contributed by atoms with van der Waals surface area (Å²) in [5.41, 5.74) is 7.29. The van der Waals surface area contributed by atoms with Gasteiger partial charge in [0.25, 0.3) is 10.0 Å². The highest BCUT2D eigenvalue weighted by Crippen LogP contribution is 2.15. The molecule has 1 aliphatic heterocycles. The zero-order chi connectivity index (χ0) is 33.3. The molecule has 17 heteroatoms. The minimum absolute atomic E-state index is 0.0118. The number of piperazine rings is 1. The summed E-state index contributed by atoms with van der Waals surface area (Å²) in [7, 11) is -7.67. The Morgan fingerprint density at radius 2 is 1.78 bits per heavy atom. The van der Waals surface area contributed by atoms with Crippen LogP contribution in [0.15, 0.2) is 76.1 Å². The van der Waals surface area contributed by atoms with Crippen molar-refractivity contribution in [1.29, 1.82) is 0 Å². The summed E-state index contributed by atoms with van der Waals surface area (Å²) < 4.78 is 54.1. The molecule has 0 saturated carbocycles. The number of nitrogens with zero attached hydrogens (tertiary/aromatic N) is 4. The van der Waals surface area contributed by atoms with Gasteiger partial charge in [-0.25, -0.2) is 26.5 Å². The maximum Gasteiger partial charge on any atom is 0.264 e. The van der Waals surface area contributed by atoms with Crippen LogP contribution in [-0.2, 0) is 35.4 Å². The van der Waals surface area contributed by atoms with Gasteiger partial charge >= 0.3 is 0 Å². The first kappa shape index (κ1) is 34.7. The summed E-state index contributed by atoms with van der Waals surface area (Å²) in [6.07, 6.45) is 1.85. The lowest BCUT2D eigenvalue weighted by atomic mass is 10.1. The van der Waals surface area contributed by atoms with Crippen LogP contribution in [0.25, 0.3) is 0 Å². The van der Waals surface area contributed by atoms with Crippen molar-refractivity contribution in [3.8, 4) is 0 Å². The lowest BCUT2D eigenvalue weighted by Gasteiger charge is -2.33. The number of benzene rings is 2. The molecular formula is C29H35N7O7S3. The Labute approximate surface area is 271 Å². The molecule has 0 radical (unpaired) electrons. The molecule has 0 aliphatic carbocycles. The molecular weight excluding hydrogens is 655 g/mol. The van der Waals surface area contributed by atoms with E-state index in [-0.39, 0.29) is 60.6 Å². The SMILES string of the molecule is Cc1ccc(S(=O)(=O)NC(N)=NCCCC(NC(=O)CN2CCN(S(=O)(=O)Cc3ccccc3)CC2=O)C(=O)c2nccs2)cc1. The Kier molecular flexibility index (Phi) is 11.6. The maximum atomic E-state index is 13.1. The molecule has 46 heavy (non-hydrogen) atoms. The van der Waals surface area contributed by atoms with E-state index in [1.165, 1.54) is 23.2 Å². The summed E-state index contributed by atoms with van der Waals surface area (Å²) >= 11 is 1.11. The molecule has 1 saturated heterocycles. The zero-order valence-corrected chi connectivity index (χ0v) is 27.5. The molecule has 1 atom stereocenters. The lowest BCUT2D eigenvalue weighted by Crippen LogP contribution is -2.55. The molecule has 1 aliphatic rings. The van der Waals surface area contributed by atoms with Crippen LogP contribution in [-0.4, -0.2) is 93.3 Å². The van der Waals surface area contributed by atoms with Gasteiger partial charge in [-0.05, 0) is 37.5 Å². The fourth-order valence-corrected chi connectivity index (χ4v) is 7.63. The van der Waals surface area contributed by atoms with Gasteiger partial charge in [0, 0.05) is 31.2 Å². The molecule has 1 aromatic heterocycles. The van der Waals surface area contributed by atoms with Gasteiger partial charge in [0.15, 0.2) is 5.01 Å². The third kappa shape index (κ3) is 9.65. The van der Waals surface area contributed by atoms with Crippen LogP contribution in [0.2, 0.25) is 0 Å². The van der Waals surface area contributed by atoms with Gasteiger partial charge in [-0.3, -0.25) is 19.4 Å². The first-order valence-corrected chi connectivity index (χ1v) is 18.2. The number of thiazole rings is 1. The second-order valence-electron chi connectivity index (χ2n) is 10.5. The summed E-state index contributed by atoms with van der Waals surface area (Å²) in [5.74, 6) is -2.12. The summed E-state index contributed by atoms with van der Waals surface area (Å²) in [5, 5.41) is 4.47. The van der Waals surface area contributed by atoms with Crippen LogP contribution in [0.3, 0.4) is 0 Å². The fraction of sp³-hybridized carbons (Fsp3) is 0.345. The molecule has 0 bridgehead atoms. The number of sulfonamides is 2. The molecule has 246 valence electrons.